The van der Waals surface area contributed by atoms with Crippen molar-refractivity contribution >= 4 is 11.8 Å². The Kier molecular flexibility index (Phi) is 5.35. The van der Waals surface area contributed by atoms with Crippen LogP contribution in [0.2, 0.25) is 0 Å². The zero-order valence-electron chi connectivity index (χ0n) is 12.7. The molecule has 2 atom stereocenters. The minimum absolute atomic E-state index is 0.00875. The van der Waals surface area contributed by atoms with Crippen molar-refractivity contribution in [1.29, 1.82) is 0 Å². The second-order valence-corrected chi connectivity index (χ2v) is 6.15. The van der Waals surface area contributed by atoms with Crippen LogP contribution in [0.15, 0.2) is 0 Å². The van der Waals surface area contributed by atoms with Crippen LogP contribution >= 0.6 is 0 Å². The summed E-state index contributed by atoms with van der Waals surface area (Å²) in [5.74, 6) is -0.0646. The van der Waals surface area contributed by atoms with E-state index in [9.17, 15) is 9.59 Å². The predicted octanol–water partition coefficient (Wildman–Crippen LogP) is 1.17. The fourth-order valence-electron chi connectivity index (χ4n) is 2.27. The third-order valence-electron chi connectivity index (χ3n) is 3.39. The highest BCUT2D eigenvalue weighted by molar-refractivity contribution is 5.91. The van der Waals surface area contributed by atoms with Gasteiger partial charge >= 0.3 is 0 Å². The van der Waals surface area contributed by atoms with E-state index in [2.05, 4.69) is 5.32 Å². The lowest BCUT2D eigenvalue weighted by Crippen LogP contribution is -2.53. The van der Waals surface area contributed by atoms with Gasteiger partial charge in [-0.05, 0) is 19.3 Å². The number of rotatable bonds is 4. The van der Waals surface area contributed by atoms with Crippen LogP contribution in [-0.2, 0) is 14.3 Å². The van der Waals surface area contributed by atoms with E-state index >= 15 is 0 Å². The topological polar surface area (TPSA) is 58.6 Å². The maximum absolute atomic E-state index is 12.6. The standard InChI is InChI=1S/C14H26N2O3/c1-6-19-8-7-16-10(2)9-11(17)15-12(13(16)18)14(3,4)5/h10,12H,6-9H2,1-5H3,(H,15,17). The molecule has 1 fully saturated rings. The zero-order valence-corrected chi connectivity index (χ0v) is 12.7. The van der Waals surface area contributed by atoms with Crippen molar-refractivity contribution in [3.05, 3.63) is 0 Å². The molecule has 0 aromatic heterocycles. The minimum Gasteiger partial charge on any atom is -0.380 e. The molecule has 5 nitrogen and oxygen atoms in total. The summed E-state index contributed by atoms with van der Waals surface area (Å²) >= 11 is 0. The van der Waals surface area contributed by atoms with E-state index in [-0.39, 0.29) is 23.3 Å². The van der Waals surface area contributed by atoms with Crippen molar-refractivity contribution in [2.75, 3.05) is 19.8 Å². The van der Waals surface area contributed by atoms with Crippen LogP contribution in [-0.4, -0.2) is 48.6 Å². The Balaban J connectivity index is 2.87. The van der Waals surface area contributed by atoms with Crippen LogP contribution in [0.5, 0.6) is 0 Å². The van der Waals surface area contributed by atoms with Gasteiger partial charge in [-0.2, -0.15) is 0 Å². The summed E-state index contributed by atoms with van der Waals surface area (Å²) in [5.41, 5.74) is -0.291. The highest BCUT2D eigenvalue weighted by Crippen LogP contribution is 2.24. The number of ether oxygens (including phenoxy) is 1. The van der Waals surface area contributed by atoms with Gasteiger partial charge in [0, 0.05) is 25.6 Å². The minimum atomic E-state index is -0.466. The van der Waals surface area contributed by atoms with Gasteiger partial charge < -0.3 is 15.0 Å². The van der Waals surface area contributed by atoms with E-state index in [0.29, 0.717) is 26.2 Å². The number of hydrogen-bond acceptors (Lipinski definition) is 3. The average Bonchev–Trinajstić information content (AvgIpc) is 2.38. The van der Waals surface area contributed by atoms with Crippen molar-refractivity contribution in [2.45, 2.75) is 53.1 Å². The van der Waals surface area contributed by atoms with Crippen molar-refractivity contribution in [3.63, 3.8) is 0 Å². The van der Waals surface area contributed by atoms with E-state index in [1.807, 2.05) is 34.6 Å². The molecule has 0 aromatic rings. The Morgan fingerprint density at radius 1 is 1.37 bits per heavy atom. The fourth-order valence-corrected chi connectivity index (χ4v) is 2.27. The molecule has 1 saturated heterocycles. The lowest BCUT2D eigenvalue weighted by molar-refractivity contribution is -0.138. The van der Waals surface area contributed by atoms with E-state index in [1.165, 1.54) is 0 Å². The zero-order chi connectivity index (χ0) is 14.6. The van der Waals surface area contributed by atoms with Crippen LogP contribution in [0.4, 0.5) is 0 Å². The van der Waals surface area contributed by atoms with Gasteiger partial charge in [-0.3, -0.25) is 9.59 Å². The fraction of sp³-hybridized carbons (Fsp3) is 0.857. The van der Waals surface area contributed by atoms with Gasteiger partial charge in [0.1, 0.15) is 6.04 Å². The lowest BCUT2D eigenvalue weighted by atomic mass is 9.86. The van der Waals surface area contributed by atoms with Crippen molar-refractivity contribution < 1.29 is 14.3 Å². The van der Waals surface area contributed by atoms with Crippen LogP contribution < -0.4 is 5.32 Å². The average molecular weight is 270 g/mol. The first-order valence-corrected chi connectivity index (χ1v) is 6.95. The molecule has 1 aliphatic heterocycles. The molecular weight excluding hydrogens is 244 g/mol. The van der Waals surface area contributed by atoms with Gasteiger partial charge in [0.25, 0.3) is 0 Å². The summed E-state index contributed by atoms with van der Waals surface area (Å²) < 4.78 is 5.32. The first kappa shape index (κ1) is 16.0. The Morgan fingerprint density at radius 2 is 2.00 bits per heavy atom. The summed E-state index contributed by atoms with van der Waals surface area (Å²) in [6.07, 6.45) is 0.352. The molecule has 0 saturated carbocycles. The molecule has 0 bridgehead atoms. The number of amides is 2. The van der Waals surface area contributed by atoms with Crippen LogP contribution in [0.25, 0.3) is 0 Å². The van der Waals surface area contributed by atoms with Gasteiger partial charge in [-0.15, -0.1) is 0 Å². The molecule has 1 N–H and O–H groups in total. The summed E-state index contributed by atoms with van der Waals surface area (Å²) in [5, 5.41) is 2.85. The maximum Gasteiger partial charge on any atom is 0.246 e. The summed E-state index contributed by atoms with van der Waals surface area (Å²) in [4.78, 5) is 26.2. The molecule has 1 aliphatic rings. The number of nitrogens with one attached hydrogen (secondary N) is 1. The Labute approximate surface area is 115 Å². The van der Waals surface area contributed by atoms with Crippen molar-refractivity contribution in [2.24, 2.45) is 5.41 Å². The number of carbonyl (C=O) groups is 2. The molecule has 1 heterocycles. The van der Waals surface area contributed by atoms with Gasteiger partial charge in [-0.1, -0.05) is 20.8 Å². The second kappa shape index (κ2) is 6.37. The number of carbonyl (C=O) groups excluding carboxylic acids is 2. The Hall–Kier alpha value is -1.10. The van der Waals surface area contributed by atoms with Gasteiger partial charge in [0.15, 0.2) is 0 Å². The molecule has 19 heavy (non-hydrogen) atoms. The smallest absolute Gasteiger partial charge is 0.246 e. The highest BCUT2D eigenvalue weighted by atomic mass is 16.5. The molecule has 0 spiro atoms. The normalized spacial score (nSPS) is 25.2. The SMILES string of the molecule is CCOCCN1C(=O)C(C(C)(C)C)NC(=O)CC1C. The van der Waals surface area contributed by atoms with Gasteiger partial charge in [0.2, 0.25) is 11.8 Å². The summed E-state index contributed by atoms with van der Waals surface area (Å²) in [7, 11) is 0. The molecule has 0 radical (unpaired) electrons. The third kappa shape index (κ3) is 4.20. The molecule has 0 aliphatic carbocycles. The van der Waals surface area contributed by atoms with Crippen LogP contribution in [0.3, 0.4) is 0 Å². The first-order valence-electron chi connectivity index (χ1n) is 6.95. The molecular formula is C14H26N2O3. The van der Waals surface area contributed by atoms with Gasteiger partial charge in [0.05, 0.1) is 6.61 Å². The predicted molar refractivity (Wildman–Crippen MR) is 73.7 cm³/mol. The van der Waals surface area contributed by atoms with E-state index in [4.69, 9.17) is 4.74 Å². The molecule has 0 aromatic carbocycles. The van der Waals surface area contributed by atoms with Gasteiger partial charge in [-0.25, -0.2) is 0 Å². The first-order chi connectivity index (χ1) is 8.77. The number of hydrogen-bond donors (Lipinski definition) is 1. The monoisotopic (exact) mass is 270 g/mol. The Morgan fingerprint density at radius 3 is 2.53 bits per heavy atom. The summed E-state index contributed by atoms with van der Waals surface area (Å²) in [6.45, 7) is 11.4. The lowest BCUT2D eigenvalue weighted by Gasteiger charge is -2.34. The molecule has 2 amide bonds. The van der Waals surface area contributed by atoms with Crippen LogP contribution in [0.1, 0.15) is 41.0 Å². The van der Waals surface area contributed by atoms with Crippen molar-refractivity contribution in [1.82, 2.24) is 10.2 Å². The molecule has 5 heteroatoms. The number of nitrogens with zero attached hydrogens (tertiary/aromatic N) is 1. The highest BCUT2D eigenvalue weighted by Gasteiger charge is 2.39. The molecule has 110 valence electrons. The summed E-state index contributed by atoms with van der Waals surface area (Å²) in [6, 6.07) is -0.549. The quantitative estimate of drug-likeness (QED) is 0.780. The Bertz CT molecular complexity index is 336. The molecule has 1 rings (SSSR count). The molecule has 2 unspecified atom stereocenters. The van der Waals surface area contributed by atoms with Crippen LogP contribution in [0, 0.1) is 5.41 Å². The van der Waals surface area contributed by atoms with E-state index in [0.717, 1.165) is 0 Å². The third-order valence-corrected chi connectivity index (χ3v) is 3.39. The van der Waals surface area contributed by atoms with E-state index < -0.39 is 6.04 Å². The van der Waals surface area contributed by atoms with E-state index in [1.54, 1.807) is 4.90 Å². The van der Waals surface area contributed by atoms with Crippen molar-refractivity contribution in [3.8, 4) is 0 Å². The second-order valence-electron chi connectivity index (χ2n) is 6.15. The largest absolute Gasteiger partial charge is 0.380 e. The maximum atomic E-state index is 12.6.